The lowest BCUT2D eigenvalue weighted by atomic mass is 10.2. The molecule has 0 saturated carbocycles. The number of hydrogen-bond donors (Lipinski definition) is 8. The number of benzene rings is 1. The largest absolute Gasteiger partial charge is 0.466 e. The van der Waals surface area contributed by atoms with Gasteiger partial charge in [-0.05, 0) is 5.56 Å². The fraction of sp³-hybridized carbons (Fsp3) is 0.143. The van der Waals surface area contributed by atoms with Gasteiger partial charge in [0.2, 0.25) is 0 Å². The lowest BCUT2D eigenvalue weighted by Crippen LogP contribution is -2.12. The zero-order chi connectivity index (χ0) is 16.4. The van der Waals surface area contributed by atoms with Crippen LogP contribution < -0.4 is 0 Å². The van der Waals surface area contributed by atoms with Crippen LogP contribution in [0.5, 0.6) is 0 Å². The van der Waals surface area contributed by atoms with Crippen molar-refractivity contribution >= 4 is 15.6 Å². The summed E-state index contributed by atoms with van der Waals surface area (Å²) in [6.07, 6.45) is 0. The molecule has 13 heteroatoms. The van der Waals surface area contributed by atoms with E-state index in [9.17, 15) is 0 Å². The molecule has 20 heavy (non-hydrogen) atoms. The van der Waals surface area contributed by atoms with E-state index in [0.29, 0.717) is 0 Å². The second-order valence-corrected chi connectivity index (χ2v) is 5.10. The van der Waals surface area contributed by atoms with Crippen LogP contribution in [0, 0.1) is 0 Å². The maximum absolute atomic E-state index is 8.88. The van der Waals surface area contributed by atoms with Crippen molar-refractivity contribution in [2.75, 3.05) is 0 Å². The molecule has 11 nitrogen and oxygen atoms in total. The fourth-order valence-corrected chi connectivity index (χ4v) is 0.747. The molecule has 0 aliphatic rings. The summed E-state index contributed by atoms with van der Waals surface area (Å²) in [7, 11) is -9.28. The summed E-state index contributed by atoms with van der Waals surface area (Å²) < 4.78 is 17.8. The average Bonchev–Trinajstić information content (AvgIpc) is 2.12. The van der Waals surface area contributed by atoms with Gasteiger partial charge in [-0.1, -0.05) is 35.6 Å². The molecule has 0 heterocycles. The standard InChI is InChI=1S/C7H9NO2.2H3O4P/c9-8(10)6-7-4-2-1-3-5-7;2*1-5(2,3)4/h1-5,9-10H,6H2;2*(H3,1,2,3,4). The lowest BCUT2D eigenvalue weighted by molar-refractivity contribution is -0.314. The molecule has 1 aromatic carbocycles. The van der Waals surface area contributed by atoms with Crippen molar-refractivity contribution in [1.29, 1.82) is 0 Å². The van der Waals surface area contributed by atoms with E-state index in [1.54, 1.807) is 0 Å². The summed E-state index contributed by atoms with van der Waals surface area (Å²) in [6, 6.07) is 9.21. The van der Waals surface area contributed by atoms with Crippen molar-refractivity contribution in [3.8, 4) is 0 Å². The van der Waals surface area contributed by atoms with Gasteiger partial charge in [-0.25, -0.2) is 9.13 Å². The first-order valence-corrected chi connectivity index (χ1v) is 7.68. The Labute approximate surface area is 113 Å². The Morgan fingerprint density at radius 3 is 1.35 bits per heavy atom. The Bertz CT molecular complexity index is 404. The molecule has 0 saturated heterocycles. The molecule has 1 rings (SSSR count). The molecule has 0 atom stereocenters. The molecule has 0 radical (unpaired) electrons. The van der Waals surface area contributed by atoms with Gasteiger partial charge in [0, 0.05) is 0 Å². The Hall–Kier alpha value is -0.680. The maximum Gasteiger partial charge on any atom is 0.466 e. The van der Waals surface area contributed by atoms with Crippen LogP contribution in [0.1, 0.15) is 5.56 Å². The van der Waals surface area contributed by atoms with Crippen LogP contribution in [-0.2, 0) is 15.7 Å². The zero-order valence-corrected chi connectivity index (χ0v) is 11.6. The van der Waals surface area contributed by atoms with Crippen LogP contribution >= 0.6 is 15.6 Å². The first-order valence-electron chi connectivity index (χ1n) is 4.55. The van der Waals surface area contributed by atoms with Crippen LogP contribution in [0.2, 0.25) is 0 Å². The van der Waals surface area contributed by atoms with Gasteiger partial charge in [0.15, 0.2) is 0 Å². The molecule has 0 aromatic heterocycles. The summed E-state index contributed by atoms with van der Waals surface area (Å²) in [4.78, 5) is 43.1. The van der Waals surface area contributed by atoms with Crippen LogP contribution in [0.3, 0.4) is 0 Å². The molecule has 0 aliphatic heterocycles. The van der Waals surface area contributed by atoms with E-state index < -0.39 is 15.6 Å². The second-order valence-electron chi connectivity index (χ2n) is 3.04. The molecule has 0 bridgehead atoms. The van der Waals surface area contributed by atoms with Gasteiger partial charge in [-0.15, -0.1) is 0 Å². The Balaban J connectivity index is 0. The average molecular weight is 335 g/mol. The SMILES string of the molecule is O=P(O)(O)O.O=P(O)(O)O.ON(O)Cc1ccccc1. The molecule has 0 amide bonds. The van der Waals surface area contributed by atoms with Crippen molar-refractivity contribution in [1.82, 2.24) is 5.23 Å². The normalized spacial score (nSPS) is 11.1. The third-order valence-corrected chi connectivity index (χ3v) is 1.17. The molecule has 0 spiro atoms. The molecule has 0 unspecified atom stereocenters. The monoisotopic (exact) mass is 335 g/mol. The minimum absolute atomic E-state index is 0.140. The zero-order valence-electron chi connectivity index (χ0n) is 9.83. The maximum atomic E-state index is 8.88. The lowest BCUT2D eigenvalue weighted by Gasteiger charge is -2.04. The van der Waals surface area contributed by atoms with Gasteiger partial charge < -0.3 is 29.4 Å². The van der Waals surface area contributed by atoms with Crippen molar-refractivity contribution in [2.45, 2.75) is 6.54 Å². The highest BCUT2D eigenvalue weighted by Crippen LogP contribution is 2.26. The number of rotatable bonds is 2. The molecule has 8 N–H and O–H groups in total. The van der Waals surface area contributed by atoms with Crippen LogP contribution in [-0.4, -0.2) is 45.0 Å². The predicted molar refractivity (Wildman–Crippen MR) is 64.1 cm³/mol. The van der Waals surface area contributed by atoms with Gasteiger partial charge >= 0.3 is 15.6 Å². The number of hydrogen-bond acceptors (Lipinski definition) is 5. The fourth-order valence-electron chi connectivity index (χ4n) is 0.747. The van der Waals surface area contributed by atoms with Crippen molar-refractivity contribution in [2.24, 2.45) is 0 Å². The van der Waals surface area contributed by atoms with E-state index in [-0.39, 0.29) is 11.8 Å². The van der Waals surface area contributed by atoms with Crippen molar-refractivity contribution in [3.63, 3.8) is 0 Å². The molecule has 1 aromatic rings. The van der Waals surface area contributed by atoms with E-state index in [2.05, 4.69) is 0 Å². The summed E-state index contributed by atoms with van der Waals surface area (Å²) in [5.41, 5.74) is 0.868. The van der Waals surface area contributed by atoms with E-state index in [4.69, 9.17) is 48.9 Å². The van der Waals surface area contributed by atoms with E-state index in [1.807, 2.05) is 30.3 Å². The summed E-state index contributed by atoms with van der Waals surface area (Å²) >= 11 is 0. The Morgan fingerprint density at radius 2 is 1.10 bits per heavy atom. The smallest absolute Gasteiger partial charge is 0.303 e. The van der Waals surface area contributed by atoms with Gasteiger partial charge in [0.25, 0.3) is 0 Å². The van der Waals surface area contributed by atoms with Gasteiger partial charge in [-0.3, -0.25) is 10.4 Å². The number of phosphoric acid groups is 2. The summed E-state index contributed by atoms with van der Waals surface area (Å²) in [6.45, 7) is 0.140. The highest BCUT2D eigenvalue weighted by Gasteiger charge is 2.00. The van der Waals surface area contributed by atoms with Crippen molar-refractivity contribution in [3.05, 3.63) is 35.9 Å². The van der Waals surface area contributed by atoms with Gasteiger partial charge in [0.05, 0.1) is 6.54 Å². The first kappa shape index (κ1) is 21.6. The Morgan fingerprint density at radius 1 is 0.800 bits per heavy atom. The van der Waals surface area contributed by atoms with Crippen molar-refractivity contribution < 1.29 is 48.9 Å². The molecule has 0 fully saturated rings. The van der Waals surface area contributed by atoms with E-state index >= 15 is 0 Å². The minimum Gasteiger partial charge on any atom is -0.303 e. The molecular formula is C7H15NO10P2. The Kier molecular flexibility index (Phi) is 10.9. The molecule has 0 aliphatic carbocycles. The first-order chi connectivity index (χ1) is 8.79. The van der Waals surface area contributed by atoms with E-state index in [0.717, 1.165) is 5.56 Å². The highest BCUT2D eigenvalue weighted by atomic mass is 31.2. The molecule has 118 valence electrons. The summed E-state index contributed by atoms with van der Waals surface area (Å²) in [5.74, 6) is 0. The van der Waals surface area contributed by atoms with Gasteiger partial charge in [-0.2, -0.15) is 0 Å². The third kappa shape index (κ3) is 36.0. The minimum atomic E-state index is -4.64. The topological polar surface area (TPSA) is 199 Å². The van der Waals surface area contributed by atoms with Crippen LogP contribution in [0.25, 0.3) is 0 Å². The van der Waals surface area contributed by atoms with Crippen LogP contribution in [0.15, 0.2) is 30.3 Å². The predicted octanol–water partition coefficient (Wildman–Crippen LogP) is -0.590. The quantitative estimate of drug-likeness (QED) is 0.254. The second kappa shape index (κ2) is 10.1. The van der Waals surface area contributed by atoms with Gasteiger partial charge in [0.1, 0.15) is 0 Å². The van der Waals surface area contributed by atoms with E-state index in [1.165, 1.54) is 0 Å². The highest BCUT2D eigenvalue weighted by molar-refractivity contribution is 7.45. The number of hydroxylamine groups is 2. The van der Waals surface area contributed by atoms with Crippen LogP contribution in [0.4, 0.5) is 0 Å². The summed E-state index contributed by atoms with van der Waals surface area (Å²) in [5, 5.41) is 17.0. The number of nitrogens with zero attached hydrogens (tertiary/aromatic N) is 1. The third-order valence-electron chi connectivity index (χ3n) is 1.17. The molecular weight excluding hydrogens is 320 g/mol.